The van der Waals surface area contributed by atoms with Crippen LogP contribution in [0.15, 0.2) is 77.8 Å². The van der Waals surface area contributed by atoms with Crippen molar-refractivity contribution in [1.82, 2.24) is 0 Å². The van der Waals surface area contributed by atoms with Gasteiger partial charge >= 0.3 is 12.1 Å². The Balaban J connectivity index is 1.16. The number of aliphatic carboxylic acids is 1. The maximum Gasteiger partial charge on any atom is 0.414 e. The van der Waals surface area contributed by atoms with E-state index in [1.807, 2.05) is 12.1 Å². The lowest BCUT2D eigenvalue weighted by atomic mass is 9.93. The van der Waals surface area contributed by atoms with E-state index in [9.17, 15) is 9.59 Å². The van der Waals surface area contributed by atoms with Crippen molar-refractivity contribution >= 4 is 23.6 Å². The number of hydrogen-bond donors (Lipinski definition) is 2. The number of carboxylic acids is 1. The highest BCUT2D eigenvalue weighted by Crippen LogP contribution is 2.38. The molecule has 0 saturated carbocycles. The number of aliphatic imine (C=N–C) groups is 1. The smallest absolute Gasteiger partial charge is 0.414 e. The summed E-state index contributed by atoms with van der Waals surface area (Å²) in [5, 5.41) is 8.73. The summed E-state index contributed by atoms with van der Waals surface area (Å²) < 4.78 is 11.4. The monoisotopic (exact) mass is 485 g/mol. The zero-order valence-corrected chi connectivity index (χ0v) is 19.7. The third kappa shape index (κ3) is 5.02. The molecule has 8 heteroatoms. The minimum Gasteiger partial charge on any atom is -0.490 e. The van der Waals surface area contributed by atoms with Crippen LogP contribution < -0.4 is 15.4 Å². The minimum atomic E-state index is -1.06. The number of ether oxygens (including phenoxy) is 2. The van der Waals surface area contributed by atoms with Crippen molar-refractivity contribution in [3.05, 3.63) is 95.1 Å². The minimum absolute atomic E-state index is 0.127. The number of carbonyl (C=O) groups is 2. The molecule has 3 aromatic rings. The number of nitrogens with zero attached hydrogens (tertiary/aromatic N) is 2. The number of cyclic esters (lactones) is 1. The molecule has 2 atom stereocenters. The maximum atomic E-state index is 12.4. The number of aryl methyl sites for hydroxylation is 1. The summed E-state index contributed by atoms with van der Waals surface area (Å²) in [4.78, 5) is 28.4. The van der Waals surface area contributed by atoms with Gasteiger partial charge in [-0.15, -0.1) is 0 Å². The van der Waals surface area contributed by atoms with Gasteiger partial charge in [0.15, 0.2) is 6.10 Å². The Hall–Kier alpha value is -4.33. The van der Waals surface area contributed by atoms with E-state index in [1.54, 1.807) is 24.3 Å². The fourth-order valence-corrected chi connectivity index (χ4v) is 4.76. The second kappa shape index (κ2) is 10.1. The topological polar surface area (TPSA) is 114 Å². The fourth-order valence-electron chi connectivity index (χ4n) is 4.76. The van der Waals surface area contributed by atoms with E-state index in [0.29, 0.717) is 23.7 Å². The molecule has 0 radical (unpaired) electrons. The normalized spacial score (nSPS) is 19.2. The number of hydrogen-bond acceptors (Lipinski definition) is 5. The summed E-state index contributed by atoms with van der Waals surface area (Å²) in [5.74, 6) is 0.227. The molecule has 2 unspecified atom stereocenters. The summed E-state index contributed by atoms with van der Waals surface area (Å²) in [6, 6.07) is 23.6. The summed E-state index contributed by atoms with van der Waals surface area (Å²) in [6.45, 7) is 0.212. The number of nitrogens with two attached hydrogens (primary N) is 1. The number of anilines is 1. The van der Waals surface area contributed by atoms with Gasteiger partial charge in [0.2, 0.25) is 0 Å². The lowest BCUT2D eigenvalue weighted by molar-refractivity contribution is -0.135. The summed E-state index contributed by atoms with van der Waals surface area (Å²) in [7, 11) is 0. The van der Waals surface area contributed by atoms with Crippen LogP contribution in [-0.4, -0.2) is 48.8 Å². The van der Waals surface area contributed by atoms with Crippen LogP contribution >= 0.6 is 0 Å². The SMILES string of the molecule is NC(=NCC(=O)O)c1ccc(N2CC(COc3ccc(C4CCc5ccccc54)cc3)OC2=O)cc1. The molecule has 36 heavy (non-hydrogen) atoms. The second-order valence-electron chi connectivity index (χ2n) is 8.93. The fraction of sp³-hybridized carbons (Fsp3) is 0.250. The standard InChI is InChI=1S/C28H27N3O5/c29-27(30-15-26(32)33)20-5-10-21(11-6-20)31-16-23(36-28(31)34)17-35-22-12-7-19(8-13-22)25-14-9-18-3-1-2-4-24(18)25/h1-8,10-13,23,25H,9,14-17H2,(H2,29,30)(H,32,33). The zero-order chi connectivity index (χ0) is 25.1. The lowest BCUT2D eigenvalue weighted by Gasteiger charge is -2.15. The van der Waals surface area contributed by atoms with Crippen LogP contribution in [-0.2, 0) is 16.0 Å². The molecule has 1 heterocycles. The molecule has 1 aliphatic carbocycles. The molecule has 1 fully saturated rings. The first-order chi connectivity index (χ1) is 17.5. The highest BCUT2D eigenvalue weighted by molar-refractivity contribution is 5.99. The van der Waals surface area contributed by atoms with E-state index in [-0.39, 0.29) is 12.4 Å². The number of carbonyl (C=O) groups excluding carboxylic acids is 1. The Morgan fingerprint density at radius 2 is 1.83 bits per heavy atom. The van der Waals surface area contributed by atoms with Crippen LogP contribution in [0.1, 0.15) is 34.6 Å². The summed E-state index contributed by atoms with van der Waals surface area (Å²) in [5.41, 5.74) is 11.2. The molecular weight excluding hydrogens is 458 g/mol. The molecule has 184 valence electrons. The third-order valence-electron chi connectivity index (χ3n) is 6.58. The molecular formula is C28H27N3O5. The van der Waals surface area contributed by atoms with Gasteiger partial charge < -0.3 is 20.3 Å². The zero-order valence-electron chi connectivity index (χ0n) is 19.7. The molecule has 0 aromatic heterocycles. The Kier molecular flexibility index (Phi) is 6.58. The highest BCUT2D eigenvalue weighted by Gasteiger charge is 2.33. The molecule has 0 spiro atoms. The van der Waals surface area contributed by atoms with Gasteiger partial charge in [-0.25, -0.2) is 4.79 Å². The lowest BCUT2D eigenvalue weighted by Crippen LogP contribution is -2.26. The van der Waals surface area contributed by atoms with Crippen LogP contribution in [0.25, 0.3) is 0 Å². The summed E-state index contributed by atoms with van der Waals surface area (Å²) >= 11 is 0. The number of amides is 1. The van der Waals surface area contributed by atoms with Crippen LogP contribution in [0, 0.1) is 0 Å². The molecule has 8 nitrogen and oxygen atoms in total. The third-order valence-corrected chi connectivity index (χ3v) is 6.58. The molecule has 1 saturated heterocycles. The average Bonchev–Trinajstić information content (AvgIpc) is 3.50. The molecule has 2 aliphatic rings. The molecule has 3 aromatic carbocycles. The average molecular weight is 486 g/mol. The van der Waals surface area contributed by atoms with Gasteiger partial charge in [0.1, 0.15) is 24.7 Å². The number of rotatable bonds is 8. The Morgan fingerprint density at radius 3 is 2.58 bits per heavy atom. The predicted octanol–water partition coefficient (Wildman–Crippen LogP) is 3.96. The van der Waals surface area contributed by atoms with E-state index in [2.05, 4.69) is 41.4 Å². The van der Waals surface area contributed by atoms with Gasteiger partial charge in [0, 0.05) is 17.2 Å². The van der Waals surface area contributed by atoms with Crippen molar-refractivity contribution in [3.63, 3.8) is 0 Å². The largest absolute Gasteiger partial charge is 0.490 e. The summed E-state index contributed by atoms with van der Waals surface area (Å²) in [6.07, 6.45) is 1.38. The quantitative estimate of drug-likeness (QED) is 0.369. The molecule has 5 rings (SSSR count). The number of carboxylic acid groups (broad SMARTS) is 1. The van der Waals surface area contributed by atoms with Gasteiger partial charge in [-0.2, -0.15) is 0 Å². The second-order valence-corrected chi connectivity index (χ2v) is 8.93. The van der Waals surface area contributed by atoms with Crippen molar-refractivity contribution in [3.8, 4) is 5.75 Å². The van der Waals surface area contributed by atoms with Gasteiger partial charge in [0.05, 0.1) is 6.54 Å². The van der Waals surface area contributed by atoms with Crippen LogP contribution in [0.2, 0.25) is 0 Å². The number of benzene rings is 3. The van der Waals surface area contributed by atoms with Crippen LogP contribution in [0.3, 0.4) is 0 Å². The van der Waals surface area contributed by atoms with Crippen LogP contribution in [0.5, 0.6) is 5.75 Å². The van der Waals surface area contributed by atoms with Gasteiger partial charge in [-0.3, -0.25) is 14.7 Å². The van der Waals surface area contributed by atoms with Gasteiger partial charge in [-0.1, -0.05) is 36.4 Å². The van der Waals surface area contributed by atoms with Gasteiger partial charge in [-0.05, 0) is 65.9 Å². The molecule has 3 N–H and O–H groups in total. The first-order valence-corrected chi connectivity index (χ1v) is 11.9. The Labute approximate surface area is 209 Å². The van der Waals surface area contributed by atoms with Crippen molar-refractivity contribution in [1.29, 1.82) is 0 Å². The van der Waals surface area contributed by atoms with Crippen molar-refractivity contribution in [2.75, 3.05) is 24.6 Å². The first-order valence-electron chi connectivity index (χ1n) is 11.9. The van der Waals surface area contributed by atoms with E-state index in [4.69, 9.17) is 20.3 Å². The van der Waals surface area contributed by atoms with Gasteiger partial charge in [0.25, 0.3) is 0 Å². The van der Waals surface area contributed by atoms with Crippen molar-refractivity contribution in [2.24, 2.45) is 10.7 Å². The van der Waals surface area contributed by atoms with Crippen molar-refractivity contribution in [2.45, 2.75) is 24.9 Å². The van der Waals surface area contributed by atoms with E-state index >= 15 is 0 Å². The van der Waals surface area contributed by atoms with Crippen LogP contribution in [0.4, 0.5) is 10.5 Å². The van der Waals surface area contributed by atoms with E-state index in [1.165, 1.54) is 21.6 Å². The van der Waals surface area contributed by atoms with E-state index < -0.39 is 24.7 Å². The van der Waals surface area contributed by atoms with Crippen molar-refractivity contribution < 1.29 is 24.2 Å². The maximum absolute atomic E-state index is 12.4. The Morgan fingerprint density at radius 1 is 1.08 bits per heavy atom. The highest BCUT2D eigenvalue weighted by atomic mass is 16.6. The number of fused-ring (bicyclic) bond motifs is 1. The first kappa shape index (κ1) is 23.4. The Bertz CT molecular complexity index is 1290. The molecule has 1 amide bonds. The molecule has 0 bridgehead atoms. The van der Waals surface area contributed by atoms with E-state index in [0.717, 1.165) is 18.6 Å². The predicted molar refractivity (Wildman–Crippen MR) is 136 cm³/mol. The molecule has 1 aliphatic heterocycles. The number of amidine groups is 1.